The Morgan fingerprint density at radius 3 is 2.55 bits per heavy atom. The van der Waals surface area contributed by atoms with E-state index in [1.807, 2.05) is 18.2 Å². The molecule has 1 fully saturated rings. The molecule has 0 radical (unpaired) electrons. The van der Waals surface area contributed by atoms with Gasteiger partial charge in [0.15, 0.2) is 0 Å². The van der Waals surface area contributed by atoms with Gasteiger partial charge in [0.25, 0.3) is 0 Å². The van der Waals surface area contributed by atoms with Crippen molar-refractivity contribution in [2.45, 2.75) is 25.4 Å². The van der Waals surface area contributed by atoms with Gasteiger partial charge in [-0.05, 0) is 44.0 Å². The van der Waals surface area contributed by atoms with Gasteiger partial charge in [-0.3, -0.25) is 4.79 Å². The topological polar surface area (TPSA) is 20.3 Å². The van der Waals surface area contributed by atoms with Gasteiger partial charge < -0.3 is 4.90 Å². The van der Waals surface area contributed by atoms with Crippen molar-refractivity contribution in [3.63, 3.8) is 0 Å². The van der Waals surface area contributed by atoms with E-state index in [0.717, 1.165) is 24.8 Å². The summed E-state index contributed by atoms with van der Waals surface area (Å²) in [6.07, 6.45) is -2.10. The molecule has 1 aromatic carbocycles. The lowest BCUT2D eigenvalue weighted by atomic mass is 9.96. The maximum Gasteiger partial charge on any atom is 0.391 e. The molecule has 5 heteroatoms. The van der Waals surface area contributed by atoms with Crippen molar-refractivity contribution >= 4 is 6.29 Å². The zero-order chi connectivity index (χ0) is 14.6. The number of aldehydes is 1. The van der Waals surface area contributed by atoms with Gasteiger partial charge in [0, 0.05) is 12.1 Å². The number of hydrogen-bond donors (Lipinski definition) is 0. The maximum atomic E-state index is 12.6. The minimum atomic E-state index is -4.05. The van der Waals surface area contributed by atoms with Crippen LogP contribution < -0.4 is 0 Å². The number of carbonyl (C=O) groups excluding carboxylic acids is 1. The van der Waals surface area contributed by atoms with E-state index < -0.39 is 12.1 Å². The number of carbonyl (C=O) groups is 1. The lowest BCUT2D eigenvalue weighted by Gasteiger charge is -2.32. The van der Waals surface area contributed by atoms with Crippen LogP contribution in [0.2, 0.25) is 0 Å². The number of hydrogen-bond acceptors (Lipinski definition) is 2. The fraction of sp³-hybridized carbons (Fsp3) is 0.533. The highest BCUT2D eigenvalue weighted by molar-refractivity contribution is 5.74. The van der Waals surface area contributed by atoms with Crippen molar-refractivity contribution < 1.29 is 18.0 Å². The van der Waals surface area contributed by atoms with Crippen LogP contribution in [0.5, 0.6) is 0 Å². The molecule has 0 saturated carbocycles. The number of halogens is 3. The molecule has 0 spiro atoms. The second-order valence-electron chi connectivity index (χ2n) is 5.27. The first-order valence-electron chi connectivity index (χ1n) is 6.82. The number of alkyl halides is 3. The van der Waals surface area contributed by atoms with E-state index in [4.69, 9.17) is 0 Å². The molecule has 1 aromatic rings. The van der Waals surface area contributed by atoms with Gasteiger partial charge in [-0.2, -0.15) is 13.2 Å². The van der Waals surface area contributed by atoms with E-state index >= 15 is 0 Å². The van der Waals surface area contributed by atoms with E-state index in [2.05, 4.69) is 4.90 Å². The van der Waals surface area contributed by atoms with Crippen LogP contribution in [0.4, 0.5) is 13.2 Å². The van der Waals surface area contributed by atoms with Crippen LogP contribution in [0, 0.1) is 5.92 Å². The van der Waals surface area contributed by atoms with Crippen LogP contribution in [0.1, 0.15) is 28.8 Å². The molecule has 0 aliphatic carbocycles. The summed E-state index contributed by atoms with van der Waals surface area (Å²) in [5.41, 5.74) is 1.69. The first-order chi connectivity index (χ1) is 9.49. The largest absolute Gasteiger partial charge is 0.391 e. The molecule has 110 valence electrons. The molecular weight excluding hydrogens is 267 g/mol. The van der Waals surface area contributed by atoms with E-state index in [0.29, 0.717) is 18.7 Å². The van der Waals surface area contributed by atoms with Crippen LogP contribution in [0.25, 0.3) is 0 Å². The van der Waals surface area contributed by atoms with Crippen molar-refractivity contribution in [1.82, 2.24) is 4.90 Å². The van der Waals surface area contributed by atoms with Gasteiger partial charge in [-0.25, -0.2) is 0 Å². The van der Waals surface area contributed by atoms with E-state index in [-0.39, 0.29) is 12.8 Å². The molecule has 0 N–H and O–H groups in total. The summed E-state index contributed by atoms with van der Waals surface area (Å²) in [4.78, 5) is 12.7. The van der Waals surface area contributed by atoms with Crippen molar-refractivity contribution in [2.75, 3.05) is 19.6 Å². The van der Waals surface area contributed by atoms with Crippen LogP contribution in [-0.2, 0) is 6.42 Å². The Morgan fingerprint density at radius 2 is 1.95 bits per heavy atom. The smallest absolute Gasteiger partial charge is 0.303 e. The summed E-state index contributed by atoms with van der Waals surface area (Å²) in [6.45, 7) is 1.74. The van der Waals surface area contributed by atoms with Gasteiger partial charge in [-0.1, -0.05) is 18.2 Å². The molecule has 1 heterocycles. The third-order valence-corrected chi connectivity index (χ3v) is 3.85. The van der Waals surface area contributed by atoms with Crippen molar-refractivity contribution in [1.29, 1.82) is 0 Å². The monoisotopic (exact) mass is 285 g/mol. The Balaban J connectivity index is 1.80. The van der Waals surface area contributed by atoms with Crippen LogP contribution in [0.15, 0.2) is 24.3 Å². The van der Waals surface area contributed by atoms with Crippen molar-refractivity contribution in [3.05, 3.63) is 35.4 Å². The Morgan fingerprint density at radius 1 is 1.25 bits per heavy atom. The molecule has 1 saturated heterocycles. The molecule has 0 bridgehead atoms. The van der Waals surface area contributed by atoms with Gasteiger partial charge in [0.05, 0.1) is 5.92 Å². The average Bonchev–Trinajstić information content (AvgIpc) is 2.45. The van der Waals surface area contributed by atoms with Crippen LogP contribution in [-0.4, -0.2) is 37.0 Å². The zero-order valence-electron chi connectivity index (χ0n) is 11.2. The molecule has 0 amide bonds. The number of nitrogens with zero attached hydrogens (tertiary/aromatic N) is 1. The molecular formula is C15H18F3NO. The minimum Gasteiger partial charge on any atom is -0.303 e. The number of likely N-dealkylation sites (tertiary alicyclic amines) is 1. The highest BCUT2D eigenvalue weighted by Crippen LogP contribution is 2.34. The Hall–Kier alpha value is -1.36. The Bertz CT molecular complexity index is 451. The Labute approximate surface area is 116 Å². The van der Waals surface area contributed by atoms with Gasteiger partial charge in [0.1, 0.15) is 6.29 Å². The molecule has 0 unspecified atom stereocenters. The number of rotatable bonds is 4. The third kappa shape index (κ3) is 4.07. The van der Waals surface area contributed by atoms with Crippen molar-refractivity contribution in [3.8, 4) is 0 Å². The van der Waals surface area contributed by atoms with E-state index in [1.54, 1.807) is 6.07 Å². The predicted molar refractivity (Wildman–Crippen MR) is 70.8 cm³/mol. The molecule has 0 aromatic heterocycles. The first kappa shape index (κ1) is 15.0. The zero-order valence-corrected chi connectivity index (χ0v) is 11.2. The fourth-order valence-corrected chi connectivity index (χ4v) is 2.59. The Kier molecular flexibility index (Phi) is 4.81. The third-order valence-electron chi connectivity index (χ3n) is 3.85. The summed E-state index contributed by atoms with van der Waals surface area (Å²) in [6, 6.07) is 7.34. The fourth-order valence-electron chi connectivity index (χ4n) is 2.59. The number of benzene rings is 1. The summed E-state index contributed by atoms with van der Waals surface area (Å²) < 4.78 is 37.7. The van der Waals surface area contributed by atoms with E-state index in [9.17, 15) is 18.0 Å². The molecule has 2 rings (SSSR count). The quantitative estimate of drug-likeness (QED) is 0.791. The summed E-state index contributed by atoms with van der Waals surface area (Å²) in [5, 5.41) is 0. The average molecular weight is 285 g/mol. The maximum absolute atomic E-state index is 12.6. The van der Waals surface area contributed by atoms with Crippen molar-refractivity contribution in [2.24, 2.45) is 5.92 Å². The lowest BCUT2D eigenvalue weighted by molar-refractivity contribution is -0.185. The number of piperidine rings is 1. The second kappa shape index (κ2) is 6.39. The summed E-state index contributed by atoms with van der Waals surface area (Å²) >= 11 is 0. The lowest BCUT2D eigenvalue weighted by Crippen LogP contribution is -2.39. The minimum absolute atomic E-state index is 0.192. The molecule has 0 atom stereocenters. The first-order valence-corrected chi connectivity index (χ1v) is 6.82. The molecule has 1 aliphatic heterocycles. The standard InChI is InChI=1S/C15H18F3NO/c16-15(17,18)14-5-8-19(9-6-14)7-4-12-2-1-3-13(10-12)11-20/h1-3,10-11,14H,4-9H2. The summed E-state index contributed by atoms with van der Waals surface area (Å²) in [5.74, 6) is -1.14. The van der Waals surface area contributed by atoms with E-state index in [1.165, 1.54) is 0 Å². The van der Waals surface area contributed by atoms with Gasteiger partial charge >= 0.3 is 6.18 Å². The molecule has 2 nitrogen and oxygen atoms in total. The van der Waals surface area contributed by atoms with Gasteiger partial charge in [-0.15, -0.1) is 0 Å². The SMILES string of the molecule is O=Cc1cccc(CCN2CCC(C(F)(F)F)CC2)c1. The highest BCUT2D eigenvalue weighted by atomic mass is 19.4. The molecule has 20 heavy (non-hydrogen) atoms. The normalized spacial score (nSPS) is 18.1. The predicted octanol–water partition coefficient (Wildman–Crippen LogP) is 3.32. The van der Waals surface area contributed by atoms with Crippen LogP contribution >= 0.6 is 0 Å². The van der Waals surface area contributed by atoms with Crippen LogP contribution in [0.3, 0.4) is 0 Å². The second-order valence-corrected chi connectivity index (χ2v) is 5.27. The molecule has 1 aliphatic rings. The summed E-state index contributed by atoms with van der Waals surface area (Å²) in [7, 11) is 0. The highest BCUT2D eigenvalue weighted by Gasteiger charge is 2.40. The van der Waals surface area contributed by atoms with Gasteiger partial charge in [0.2, 0.25) is 0 Å².